The molecule has 21 heavy (non-hydrogen) atoms. The lowest BCUT2D eigenvalue weighted by atomic mass is 9.95. The first-order chi connectivity index (χ1) is 10.1. The Morgan fingerprint density at radius 2 is 2.33 bits per heavy atom. The molecule has 1 aliphatic rings. The van der Waals surface area contributed by atoms with Crippen molar-refractivity contribution in [2.24, 2.45) is 5.92 Å². The van der Waals surface area contributed by atoms with Gasteiger partial charge >= 0.3 is 0 Å². The number of piperidine rings is 1. The van der Waals surface area contributed by atoms with Gasteiger partial charge in [-0.2, -0.15) is 0 Å². The summed E-state index contributed by atoms with van der Waals surface area (Å²) in [6.07, 6.45) is 3.05. The number of anilines is 1. The number of hydrogen-bond donors (Lipinski definition) is 2. The number of halogens is 1. The number of aliphatic hydroxyl groups excluding tert-OH is 1. The molecule has 0 aromatic heterocycles. The van der Waals surface area contributed by atoms with E-state index in [-0.39, 0.29) is 12.5 Å². The van der Waals surface area contributed by atoms with Crippen LogP contribution in [0.15, 0.2) is 18.2 Å². The van der Waals surface area contributed by atoms with E-state index in [4.69, 9.17) is 16.7 Å². The molecule has 1 unspecified atom stereocenters. The first-order valence-electron chi connectivity index (χ1n) is 7.47. The number of nitrogens with zero attached hydrogens (tertiary/aromatic N) is 1. The molecule has 0 bridgehead atoms. The highest BCUT2D eigenvalue weighted by Gasteiger charge is 2.21. The summed E-state index contributed by atoms with van der Waals surface area (Å²) >= 11 is 6.12. The SMILES string of the molecule is Cc1ccc(NC(=O)CN2CCCC(CCO)C2)c(Cl)c1. The van der Waals surface area contributed by atoms with Crippen LogP contribution in [0.2, 0.25) is 5.02 Å². The molecule has 0 spiro atoms. The van der Waals surface area contributed by atoms with E-state index in [1.807, 2.05) is 25.1 Å². The van der Waals surface area contributed by atoms with Crippen molar-refractivity contribution in [2.45, 2.75) is 26.2 Å². The highest BCUT2D eigenvalue weighted by atomic mass is 35.5. The number of benzene rings is 1. The predicted octanol–water partition coefficient (Wildman–Crippen LogP) is 2.68. The minimum Gasteiger partial charge on any atom is -0.396 e. The van der Waals surface area contributed by atoms with Crippen LogP contribution in [-0.2, 0) is 4.79 Å². The molecule has 0 aliphatic carbocycles. The normalized spacial score (nSPS) is 19.5. The number of carbonyl (C=O) groups excluding carboxylic acids is 1. The molecule has 1 atom stereocenters. The fourth-order valence-corrected chi connectivity index (χ4v) is 3.11. The average molecular weight is 311 g/mol. The van der Waals surface area contributed by atoms with Gasteiger partial charge in [0.15, 0.2) is 0 Å². The molecule has 1 aromatic rings. The Bertz CT molecular complexity index is 491. The topological polar surface area (TPSA) is 52.6 Å². The zero-order valence-electron chi connectivity index (χ0n) is 12.4. The molecular weight excluding hydrogens is 288 g/mol. The highest BCUT2D eigenvalue weighted by molar-refractivity contribution is 6.33. The van der Waals surface area contributed by atoms with Crippen LogP contribution in [0.5, 0.6) is 0 Å². The van der Waals surface area contributed by atoms with E-state index in [1.54, 1.807) is 0 Å². The fourth-order valence-electron chi connectivity index (χ4n) is 2.83. The molecule has 1 fully saturated rings. The number of rotatable bonds is 5. The van der Waals surface area contributed by atoms with Gasteiger partial charge in [0.1, 0.15) is 0 Å². The Labute approximate surface area is 131 Å². The van der Waals surface area contributed by atoms with Gasteiger partial charge < -0.3 is 10.4 Å². The quantitative estimate of drug-likeness (QED) is 0.879. The van der Waals surface area contributed by atoms with E-state index >= 15 is 0 Å². The van der Waals surface area contributed by atoms with E-state index < -0.39 is 0 Å². The van der Waals surface area contributed by atoms with Crippen LogP contribution in [0.25, 0.3) is 0 Å². The van der Waals surface area contributed by atoms with E-state index in [9.17, 15) is 4.79 Å². The number of likely N-dealkylation sites (tertiary alicyclic amines) is 1. The molecule has 1 saturated heterocycles. The number of hydrogen-bond acceptors (Lipinski definition) is 3. The number of nitrogens with one attached hydrogen (secondary N) is 1. The van der Waals surface area contributed by atoms with Crippen molar-refractivity contribution < 1.29 is 9.90 Å². The minimum atomic E-state index is -0.0367. The van der Waals surface area contributed by atoms with Gasteiger partial charge in [0, 0.05) is 13.2 Å². The predicted molar refractivity (Wildman–Crippen MR) is 85.7 cm³/mol. The third-order valence-corrected chi connectivity index (χ3v) is 4.22. The van der Waals surface area contributed by atoms with Gasteiger partial charge in [0.05, 0.1) is 17.3 Å². The summed E-state index contributed by atoms with van der Waals surface area (Å²) in [6, 6.07) is 5.61. The van der Waals surface area contributed by atoms with Crippen molar-refractivity contribution in [3.05, 3.63) is 28.8 Å². The number of amides is 1. The van der Waals surface area contributed by atoms with Crippen molar-refractivity contribution in [1.29, 1.82) is 0 Å². The summed E-state index contributed by atoms with van der Waals surface area (Å²) in [6.45, 7) is 4.40. The number of carbonyl (C=O) groups is 1. The maximum Gasteiger partial charge on any atom is 0.238 e. The maximum absolute atomic E-state index is 12.1. The molecule has 5 heteroatoms. The Kier molecular flexibility index (Phi) is 6.03. The third kappa shape index (κ3) is 4.99. The van der Waals surface area contributed by atoms with Crippen molar-refractivity contribution in [3.8, 4) is 0 Å². The number of aliphatic hydroxyl groups is 1. The molecule has 2 N–H and O–H groups in total. The van der Waals surface area contributed by atoms with Crippen LogP contribution < -0.4 is 5.32 Å². The van der Waals surface area contributed by atoms with Gasteiger partial charge in [-0.3, -0.25) is 9.69 Å². The van der Waals surface area contributed by atoms with Crippen LogP contribution >= 0.6 is 11.6 Å². The lowest BCUT2D eigenvalue weighted by Crippen LogP contribution is -2.40. The van der Waals surface area contributed by atoms with Crippen molar-refractivity contribution in [3.63, 3.8) is 0 Å². The molecule has 1 heterocycles. The fraction of sp³-hybridized carbons (Fsp3) is 0.562. The van der Waals surface area contributed by atoms with Crippen molar-refractivity contribution >= 4 is 23.2 Å². The van der Waals surface area contributed by atoms with Gasteiger partial charge in [0.2, 0.25) is 5.91 Å². The molecule has 116 valence electrons. The van der Waals surface area contributed by atoms with Gasteiger partial charge in [-0.05, 0) is 56.3 Å². The maximum atomic E-state index is 12.1. The Balaban J connectivity index is 1.86. The van der Waals surface area contributed by atoms with E-state index in [0.29, 0.717) is 23.2 Å². The lowest BCUT2D eigenvalue weighted by Gasteiger charge is -2.31. The molecule has 1 aromatic carbocycles. The Morgan fingerprint density at radius 3 is 3.05 bits per heavy atom. The second-order valence-corrected chi connectivity index (χ2v) is 6.19. The van der Waals surface area contributed by atoms with Gasteiger partial charge in [-0.1, -0.05) is 17.7 Å². The molecule has 4 nitrogen and oxygen atoms in total. The first-order valence-corrected chi connectivity index (χ1v) is 7.85. The summed E-state index contributed by atoms with van der Waals surface area (Å²) in [4.78, 5) is 14.3. The van der Waals surface area contributed by atoms with Crippen molar-refractivity contribution in [1.82, 2.24) is 4.90 Å². The molecule has 0 radical (unpaired) electrons. The van der Waals surface area contributed by atoms with E-state index in [2.05, 4.69) is 10.2 Å². The second-order valence-electron chi connectivity index (χ2n) is 5.79. The van der Waals surface area contributed by atoms with Crippen LogP contribution in [-0.4, -0.2) is 42.2 Å². The first kappa shape index (κ1) is 16.3. The zero-order valence-corrected chi connectivity index (χ0v) is 13.2. The Morgan fingerprint density at radius 1 is 1.52 bits per heavy atom. The van der Waals surface area contributed by atoms with Gasteiger partial charge in [-0.15, -0.1) is 0 Å². The van der Waals surface area contributed by atoms with Gasteiger partial charge in [0.25, 0.3) is 0 Å². The molecule has 0 saturated carbocycles. The molecule has 1 amide bonds. The molecular formula is C16H23ClN2O2. The van der Waals surface area contributed by atoms with Crippen LogP contribution in [0.4, 0.5) is 5.69 Å². The third-order valence-electron chi connectivity index (χ3n) is 3.91. The summed E-state index contributed by atoms with van der Waals surface area (Å²) in [5.41, 5.74) is 1.73. The standard InChI is InChI=1S/C16H23ClN2O2/c1-12-4-5-15(14(17)9-12)18-16(21)11-19-7-2-3-13(10-19)6-8-20/h4-5,9,13,20H,2-3,6-8,10-11H2,1H3,(H,18,21). The summed E-state index contributed by atoms with van der Waals surface area (Å²) in [7, 11) is 0. The van der Waals surface area contributed by atoms with Crippen molar-refractivity contribution in [2.75, 3.05) is 31.6 Å². The van der Waals surface area contributed by atoms with E-state index in [0.717, 1.165) is 37.9 Å². The molecule has 2 rings (SSSR count). The second kappa shape index (κ2) is 7.78. The van der Waals surface area contributed by atoms with Gasteiger partial charge in [-0.25, -0.2) is 0 Å². The smallest absolute Gasteiger partial charge is 0.238 e. The van der Waals surface area contributed by atoms with E-state index in [1.165, 1.54) is 0 Å². The summed E-state index contributed by atoms with van der Waals surface area (Å²) in [5, 5.41) is 12.5. The largest absolute Gasteiger partial charge is 0.396 e. The monoisotopic (exact) mass is 310 g/mol. The summed E-state index contributed by atoms with van der Waals surface area (Å²) in [5.74, 6) is 0.463. The average Bonchev–Trinajstić information content (AvgIpc) is 2.43. The summed E-state index contributed by atoms with van der Waals surface area (Å²) < 4.78 is 0. The zero-order chi connectivity index (χ0) is 15.2. The van der Waals surface area contributed by atoms with Crippen LogP contribution in [0.1, 0.15) is 24.8 Å². The number of aryl methyl sites for hydroxylation is 1. The molecule has 1 aliphatic heterocycles. The van der Waals surface area contributed by atoms with Crippen LogP contribution in [0, 0.1) is 12.8 Å². The minimum absolute atomic E-state index is 0.0367. The lowest BCUT2D eigenvalue weighted by molar-refractivity contribution is -0.117. The highest BCUT2D eigenvalue weighted by Crippen LogP contribution is 2.23. The Hall–Kier alpha value is -1.10. The van der Waals surface area contributed by atoms with Crippen LogP contribution in [0.3, 0.4) is 0 Å².